The molecule has 9 heteroatoms. The van der Waals surface area contributed by atoms with E-state index in [9.17, 15) is 0 Å². The van der Waals surface area contributed by atoms with Gasteiger partial charge in [-0.15, -0.1) is 0 Å². The van der Waals surface area contributed by atoms with E-state index in [1.165, 1.54) is 0 Å². The van der Waals surface area contributed by atoms with Crippen molar-refractivity contribution in [1.82, 2.24) is 0 Å². The van der Waals surface area contributed by atoms with Gasteiger partial charge in [-0.05, 0) is 44.0 Å². The summed E-state index contributed by atoms with van der Waals surface area (Å²) in [6, 6.07) is 5.73. The standard InChI is InChI=1S/C6H6Br2N2.H2O4S/c7-4-2-1-3-5(10-9)6(4)8;1-5(2,3)4/h1-3,10H,9H2;(H2,1,2,3,4). The molecule has 1 aromatic rings. The van der Waals surface area contributed by atoms with Crippen molar-refractivity contribution < 1.29 is 17.5 Å². The van der Waals surface area contributed by atoms with Gasteiger partial charge in [0.1, 0.15) is 0 Å². The smallest absolute Gasteiger partial charge is 0.323 e. The second kappa shape index (κ2) is 6.40. The molecule has 0 saturated carbocycles. The molecule has 1 aromatic carbocycles. The van der Waals surface area contributed by atoms with Crippen molar-refractivity contribution in [1.29, 1.82) is 0 Å². The quantitative estimate of drug-likeness (QED) is 0.344. The normalized spacial score (nSPS) is 10.2. The third-order valence-corrected chi connectivity index (χ3v) is 3.15. The first kappa shape index (κ1) is 14.8. The minimum absolute atomic E-state index is 0.870. The average molecular weight is 364 g/mol. The molecular formula is C6H8Br2N2O4S. The molecule has 1 rings (SSSR count). The molecule has 0 amide bonds. The van der Waals surface area contributed by atoms with Crippen LogP contribution in [0.1, 0.15) is 0 Å². The molecule has 0 aliphatic rings. The van der Waals surface area contributed by atoms with E-state index in [0.29, 0.717) is 0 Å². The monoisotopic (exact) mass is 362 g/mol. The molecule has 15 heavy (non-hydrogen) atoms. The van der Waals surface area contributed by atoms with Gasteiger partial charge in [0.2, 0.25) is 0 Å². The van der Waals surface area contributed by atoms with E-state index in [0.717, 1.165) is 14.6 Å². The van der Waals surface area contributed by atoms with E-state index < -0.39 is 10.4 Å². The molecular weight excluding hydrogens is 356 g/mol. The van der Waals surface area contributed by atoms with Crippen LogP contribution in [0.15, 0.2) is 27.1 Å². The number of nitrogens with two attached hydrogens (primary N) is 1. The molecule has 0 unspecified atom stereocenters. The molecule has 0 bridgehead atoms. The lowest BCUT2D eigenvalue weighted by Crippen LogP contribution is -2.06. The minimum atomic E-state index is -4.67. The Bertz CT molecular complexity index is 415. The summed E-state index contributed by atoms with van der Waals surface area (Å²) in [6.45, 7) is 0. The Balaban J connectivity index is 0.000000336. The molecule has 0 aliphatic carbocycles. The predicted molar refractivity (Wildman–Crippen MR) is 63.8 cm³/mol. The maximum absolute atomic E-state index is 8.74. The number of halogens is 2. The number of nitrogens with one attached hydrogen (secondary N) is 1. The van der Waals surface area contributed by atoms with Crippen LogP contribution in [0.5, 0.6) is 0 Å². The Morgan fingerprint density at radius 3 is 2.07 bits per heavy atom. The van der Waals surface area contributed by atoms with Gasteiger partial charge in [0, 0.05) is 4.47 Å². The number of anilines is 1. The fourth-order valence-electron chi connectivity index (χ4n) is 0.615. The van der Waals surface area contributed by atoms with Crippen LogP contribution < -0.4 is 11.3 Å². The van der Waals surface area contributed by atoms with E-state index in [1.807, 2.05) is 18.2 Å². The predicted octanol–water partition coefficient (Wildman–Crippen LogP) is 1.84. The Morgan fingerprint density at radius 2 is 1.73 bits per heavy atom. The van der Waals surface area contributed by atoms with Gasteiger partial charge in [-0.3, -0.25) is 14.9 Å². The van der Waals surface area contributed by atoms with Crippen molar-refractivity contribution in [3.05, 3.63) is 27.1 Å². The summed E-state index contributed by atoms with van der Waals surface area (Å²) in [7, 11) is -4.67. The highest BCUT2D eigenvalue weighted by atomic mass is 79.9. The highest BCUT2D eigenvalue weighted by Gasteiger charge is 1.99. The van der Waals surface area contributed by atoms with Gasteiger partial charge in [-0.1, -0.05) is 6.07 Å². The molecule has 0 heterocycles. The van der Waals surface area contributed by atoms with E-state index in [1.54, 1.807) is 0 Å². The lowest BCUT2D eigenvalue weighted by atomic mass is 10.3. The zero-order valence-corrected chi connectivity index (χ0v) is 11.2. The third kappa shape index (κ3) is 7.71. The summed E-state index contributed by atoms with van der Waals surface area (Å²) in [5, 5.41) is 0. The molecule has 0 atom stereocenters. The summed E-state index contributed by atoms with van der Waals surface area (Å²) >= 11 is 6.70. The van der Waals surface area contributed by atoms with Gasteiger partial charge < -0.3 is 5.43 Å². The molecule has 86 valence electrons. The zero-order chi connectivity index (χ0) is 12.1. The van der Waals surface area contributed by atoms with Gasteiger partial charge >= 0.3 is 10.4 Å². The molecule has 5 N–H and O–H groups in total. The van der Waals surface area contributed by atoms with Crippen molar-refractivity contribution in [2.24, 2.45) is 5.84 Å². The maximum atomic E-state index is 8.74. The van der Waals surface area contributed by atoms with Crippen molar-refractivity contribution in [3.63, 3.8) is 0 Å². The zero-order valence-electron chi connectivity index (χ0n) is 7.18. The molecule has 0 radical (unpaired) electrons. The number of nitrogen functional groups attached to an aromatic ring is 1. The van der Waals surface area contributed by atoms with Crippen LogP contribution in [0.4, 0.5) is 5.69 Å². The van der Waals surface area contributed by atoms with Crippen LogP contribution in [0.25, 0.3) is 0 Å². The first-order valence-corrected chi connectivity index (χ1v) is 6.34. The summed E-state index contributed by atoms with van der Waals surface area (Å²) in [5.74, 6) is 5.22. The largest absolute Gasteiger partial charge is 0.394 e. The first-order chi connectivity index (χ1) is 6.75. The number of hydrogen-bond acceptors (Lipinski definition) is 4. The SMILES string of the molecule is NNc1cccc(Br)c1Br.O=S(=O)(O)O. The topological polar surface area (TPSA) is 113 Å². The number of benzene rings is 1. The van der Waals surface area contributed by atoms with Crippen LogP contribution in [0, 0.1) is 0 Å². The number of rotatable bonds is 1. The Labute approximate surface area is 104 Å². The summed E-state index contributed by atoms with van der Waals surface area (Å²) in [4.78, 5) is 0. The fourth-order valence-corrected chi connectivity index (χ4v) is 1.36. The van der Waals surface area contributed by atoms with Crippen molar-refractivity contribution in [2.75, 3.05) is 5.43 Å². The van der Waals surface area contributed by atoms with Gasteiger partial charge in [-0.25, -0.2) is 0 Å². The van der Waals surface area contributed by atoms with Crippen molar-refractivity contribution in [3.8, 4) is 0 Å². The summed E-state index contributed by atoms with van der Waals surface area (Å²) in [5.41, 5.74) is 3.43. The Hall–Kier alpha value is -0.190. The molecule has 0 saturated heterocycles. The molecule has 0 fully saturated rings. The van der Waals surface area contributed by atoms with Gasteiger partial charge in [0.25, 0.3) is 0 Å². The van der Waals surface area contributed by atoms with Crippen molar-refractivity contribution >= 4 is 47.9 Å². The van der Waals surface area contributed by atoms with Gasteiger partial charge in [0.05, 0.1) is 10.2 Å². The third-order valence-electron chi connectivity index (χ3n) is 1.11. The van der Waals surface area contributed by atoms with Crippen molar-refractivity contribution in [2.45, 2.75) is 0 Å². The van der Waals surface area contributed by atoms with Crippen LogP contribution >= 0.6 is 31.9 Å². The van der Waals surface area contributed by atoms with E-state index in [-0.39, 0.29) is 0 Å². The molecule has 0 aromatic heterocycles. The number of hydrogen-bond donors (Lipinski definition) is 4. The second-order valence-corrected chi connectivity index (χ2v) is 4.74. The lowest BCUT2D eigenvalue weighted by Gasteiger charge is -2.02. The maximum Gasteiger partial charge on any atom is 0.394 e. The van der Waals surface area contributed by atoms with E-state index >= 15 is 0 Å². The molecule has 0 aliphatic heterocycles. The number of hydrazine groups is 1. The van der Waals surface area contributed by atoms with Crippen LogP contribution in [0.3, 0.4) is 0 Å². The van der Waals surface area contributed by atoms with Crippen LogP contribution in [-0.4, -0.2) is 17.5 Å². The highest BCUT2D eigenvalue weighted by Crippen LogP contribution is 2.29. The minimum Gasteiger partial charge on any atom is -0.323 e. The fraction of sp³-hybridized carbons (Fsp3) is 0. The summed E-state index contributed by atoms with van der Waals surface area (Å²) in [6.07, 6.45) is 0. The average Bonchev–Trinajstić information content (AvgIpc) is 2.07. The highest BCUT2D eigenvalue weighted by molar-refractivity contribution is 9.13. The second-order valence-electron chi connectivity index (χ2n) is 2.19. The van der Waals surface area contributed by atoms with Crippen LogP contribution in [-0.2, 0) is 10.4 Å². The van der Waals surface area contributed by atoms with Gasteiger partial charge in [0.15, 0.2) is 0 Å². The van der Waals surface area contributed by atoms with E-state index in [4.69, 9.17) is 23.4 Å². The summed E-state index contributed by atoms with van der Waals surface area (Å²) < 4.78 is 33.5. The Kier molecular flexibility index (Phi) is 6.32. The van der Waals surface area contributed by atoms with E-state index in [2.05, 4.69) is 37.3 Å². The first-order valence-electron chi connectivity index (χ1n) is 3.36. The molecule has 0 spiro atoms. The van der Waals surface area contributed by atoms with Gasteiger partial charge in [-0.2, -0.15) is 8.42 Å². The Morgan fingerprint density at radius 1 is 1.27 bits per heavy atom. The lowest BCUT2D eigenvalue weighted by molar-refractivity contribution is 0.381. The van der Waals surface area contributed by atoms with Crippen LogP contribution in [0.2, 0.25) is 0 Å². The molecule has 6 nitrogen and oxygen atoms in total.